The summed E-state index contributed by atoms with van der Waals surface area (Å²) in [6.07, 6.45) is 1.52. The van der Waals surface area contributed by atoms with E-state index in [4.69, 9.17) is 4.74 Å². The highest BCUT2D eigenvalue weighted by molar-refractivity contribution is 5.99. The molecule has 1 aliphatic heterocycles. The van der Waals surface area contributed by atoms with E-state index in [0.29, 0.717) is 25.3 Å². The molecule has 1 N–H and O–H groups in total. The van der Waals surface area contributed by atoms with E-state index in [-0.39, 0.29) is 12.0 Å². The highest BCUT2D eigenvalue weighted by atomic mass is 16.5. The minimum Gasteiger partial charge on any atom is -0.370 e. The fourth-order valence-electron chi connectivity index (χ4n) is 3.15. The zero-order valence-corrected chi connectivity index (χ0v) is 13.8. The summed E-state index contributed by atoms with van der Waals surface area (Å²) in [7, 11) is 0. The highest BCUT2D eigenvalue weighted by Gasteiger charge is 2.28. The summed E-state index contributed by atoms with van der Waals surface area (Å²) in [5, 5.41) is 7.04. The number of morpholine rings is 1. The first-order valence-corrected chi connectivity index (χ1v) is 8.37. The monoisotopic (exact) mass is 333 g/mol. The third-order valence-electron chi connectivity index (χ3n) is 4.46. The minimum absolute atomic E-state index is 0.0168. The Morgan fingerprint density at radius 2 is 1.80 bits per heavy atom. The van der Waals surface area contributed by atoms with Gasteiger partial charge in [0, 0.05) is 12.1 Å². The number of nitrogens with one attached hydrogen (secondary N) is 1. The van der Waals surface area contributed by atoms with E-state index in [9.17, 15) is 4.79 Å². The van der Waals surface area contributed by atoms with Gasteiger partial charge >= 0.3 is 0 Å². The second-order valence-electron chi connectivity index (χ2n) is 6.05. The number of rotatable bonds is 3. The first-order valence-electron chi connectivity index (χ1n) is 8.37. The van der Waals surface area contributed by atoms with Crippen molar-refractivity contribution in [1.29, 1.82) is 0 Å². The molecule has 5 heteroatoms. The zero-order valence-electron chi connectivity index (χ0n) is 13.8. The maximum absolute atomic E-state index is 13.0. The summed E-state index contributed by atoms with van der Waals surface area (Å²) in [5.41, 5.74) is 3.40. The molecule has 25 heavy (non-hydrogen) atoms. The van der Waals surface area contributed by atoms with Crippen molar-refractivity contribution < 1.29 is 9.53 Å². The summed E-state index contributed by atoms with van der Waals surface area (Å²) in [5.74, 6) is -0.0168. The van der Waals surface area contributed by atoms with Gasteiger partial charge in [0.2, 0.25) is 0 Å². The maximum Gasteiger partial charge on any atom is 0.257 e. The number of carbonyl (C=O) groups is 1. The van der Waals surface area contributed by atoms with Crippen molar-refractivity contribution in [1.82, 2.24) is 15.1 Å². The van der Waals surface area contributed by atoms with Crippen LogP contribution in [0.2, 0.25) is 0 Å². The molecule has 1 atom stereocenters. The van der Waals surface area contributed by atoms with Crippen molar-refractivity contribution in [2.24, 2.45) is 0 Å². The standard InChI is InChI=1S/C20H19N3O2/c24-20(17-13-21-22-19(17)16-9-5-2-6-10-16)23-11-12-25-18(14-23)15-7-3-1-4-8-15/h1-10,13,18H,11-12,14H2,(H,21,22)/t18-/m1/s1. The van der Waals surface area contributed by atoms with Crippen LogP contribution in [0.1, 0.15) is 22.0 Å². The lowest BCUT2D eigenvalue weighted by Crippen LogP contribution is -2.42. The summed E-state index contributed by atoms with van der Waals surface area (Å²) in [6.45, 7) is 1.66. The molecule has 1 aliphatic rings. The number of benzene rings is 2. The summed E-state index contributed by atoms with van der Waals surface area (Å²) in [4.78, 5) is 14.9. The van der Waals surface area contributed by atoms with E-state index in [2.05, 4.69) is 10.2 Å². The number of aromatic nitrogens is 2. The average molecular weight is 333 g/mol. The van der Waals surface area contributed by atoms with Gasteiger partial charge in [-0.1, -0.05) is 60.7 Å². The largest absolute Gasteiger partial charge is 0.370 e. The zero-order chi connectivity index (χ0) is 17.1. The first-order chi connectivity index (χ1) is 12.3. The molecule has 0 spiro atoms. The van der Waals surface area contributed by atoms with E-state index in [1.54, 1.807) is 6.20 Å². The second-order valence-corrected chi connectivity index (χ2v) is 6.05. The van der Waals surface area contributed by atoms with Crippen molar-refractivity contribution in [3.05, 3.63) is 78.0 Å². The Morgan fingerprint density at radius 1 is 1.08 bits per heavy atom. The molecule has 2 aromatic carbocycles. The molecule has 0 saturated carbocycles. The van der Waals surface area contributed by atoms with Crippen molar-refractivity contribution in [3.8, 4) is 11.3 Å². The molecule has 0 aliphatic carbocycles. The van der Waals surface area contributed by atoms with Crippen molar-refractivity contribution in [2.45, 2.75) is 6.10 Å². The summed E-state index contributed by atoms with van der Waals surface area (Å²) in [6, 6.07) is 19.8. The molecular weight excluding hydrogens is 314 g/mol. The average Bonchev–Trinajstić information content (AvgIpc) is 3.19. The van der Waals surface area contributed by atoms with Gasteiger partial charge in [0.15, 0.2) is 0 Å². The molecular formula is C20H19N3O2. The maximum atomic E-state index is 13.0. The van der Waals surface area contributed by atoms with Crippen LogP contribution in [0.4, 0.5) is 0 Å². The molecule has 4 rings (SSSR count). The van der Waals surface area contributed by atoms with Crippen LogP contribution >= 0.6 is 0 Å². The van der Waals surface area contributed by atoms with Crippen LogP contribution in [0.15, 0.2) is 66.9 Å². The highest BCUT2D eigenvalue weighted by Crippen LogP contribution is 2.26. The molecule has 0 unspecified atom stereocenters. The Bertz CT molecular complexity index is 846. The fraction of sp³-hybridized carbons (Fsp3) is 0.200. The molecule has 3 aromatic rings. The molecule has 1 amide bonds. The number of ether oxygens (including phenoxy) is 1. The lowest BCUT2D eigenvalue weighted by molar-refractivity contribution is -0.0227. The van der Waals surface area contributed by atoms with E-state index in [0.717, 1.165) is 16.8 Å². The number of carbonyl (C=O) groups excluding carboxylic acids is 1. The fourth-order valence-corrected chi connectivity index (χ4v) is 3.15. The van der Waals surface area contributed by atoms with Crippen molar-refractivity contribution in [2.75, 3.05) is 19.7 Å². The lowest BCUT2D eigenvalue weighted by Gasteiger charge is -2.33. The third kappa shape index (κ3) is 3.19. The Labute approximate surface area is 146 Å². The van der Waals surface area contributed by atoms with Gasteiger partial charge in [0.05, 0.1) is 30.6 Å². The Kier molecular flexibility index (Phi) is 4.31. The van der Waals surface area contributed by atoms with Gasteiger partial charge in [-0.05, 0) is 5.56 Å². The SMILES string of the molecule is O=C(c1cn[nH]c1-c1ccccc1)N1CCO[C@@H](c2ccccc2)C1. The third-order valence-corrected chi connectivity index (χ3v) is 4.46. The normalized spacial score (nSPS) is 17.4. The van der Waals surface area contributed by atoms with Crippen LogP contribution < -0.4 is 0 Å². The van der Waals surface area contributed by atoms with Crippen LogP contribution in [0.3, 0.4) is 0 Å². The van der Waals surface area contributed by atoms with Gasteiger partial charge in [0.25, 0.3) is 5.91 Å². The Balaban J connectivity index is 1.57. The number of nitrogens with zero attached hydrogens (tertiary/aromatic N) is 2. The summed E-state index contributed by atoms with van der Waals surface area (Å²) >= 11 is 0. The Morgan fingerprint density at radius 3 is 2.56 bits per heavy atom. The van der Waals surface area contributed by atoms with Crippen LogP contribution in [0.25, 0.3) is 11.3 Å². The predicted molar refractivity (Wildman–Crippen MR) is 95.1 cm³/mol. The van der Waals surface area contributed by atoms with Gasteiger partial charge in [0.1, 0.15) is 6.10 Å². The number of amides is 1. The molecule has 1 aromatic heterocycles. The van der Waals surface area contributed by atoms with Crippen LogP contribution in [-0.4, -0.2) is 40.7 Å². The summed E-state index contributed by atoms with van der Waals surface area (Å²) < 4.78 is 5.86. The number of aromatic amines is 1. The molecule has 2 heterocycles. The van der Waals surface area contributed by atoms with E-state index in [1.807, 2.05) is 65.6 Å². The lowest BCUT2D eigenvalue weighted by atomic mass is 10.1. The number of H-pyrrole nitrogens is 1. The molecule has 1 saturated heterocycles. The van der Waals surface area contributed by atoms with Gasteiger partial charge in [-0.15, -0.1) is 0 Å². The van der Waals surface area contributed by atoms with E-state index < -0.39 is 0 Å². The molecule has 0 radical (unpaired) electrons. The second kappa shape index (κ2) is 6.91. The van der Waals surface area contributed by atoms with Crippen molar-refractivity contribution in [3.63, 3.8) is 0 Å². The molecule has 5 nitrogen and oxygen atoms in total. The number of hydrogen-bond acceptors (Lipinski definition) is 3. The predicted octanol–water partition coefficient (Wildman–Crippen LogP) is 3.29. The smallest absolute Gasteiger partial charge is 0.257 e. The van der Waals surface area contributed by atoms with Crippen molar-refractivity contribution >= 4 is 5.91 Å². The van der Waals surface area contributed by atoms with E-state index in [1.165, 1.54) is 0 Å². The van der Waals surface area contributed by atoms with Gasteiger partial charge in [-0.2, -0.15) is 5.10 Å². The topological polar surface area (TPSA) is 58.2 Å². The molecule has 126 valence electrons. The molecule has 0 bridgehead atoms. The Hall–Kier alpha value is -2.92. The molecule has 1 fully saturated rings. The van der Waals surface area contributed by atoms with Gasteiger partial charge in [-0.25, -0.2) is 0 Å². The quantitative estimate of drug-likeness (QED) is 0.800. The van der Waals surface area contributed by atoms with Gasteiger partial charge in [-0.3, -0.25) is 9.89 Å². The van der Waals surface area contributed by atoms with E-state index >= 15 is 0 Å². The van der Waals surface area contributed by atoms with Gasteiger partial charge < -0.3 is 9.64 Å². The van der Waals surface area contributed by atoms with Crippen LogP contribution in [0.5, 0.6) is 0 Å². The number of hydrogen-bond donors (Lipinski definition) is 1. The minimum atomic E-state index is -0.0917. The van der Waals surface area contributed by atoms with Crippen LogP contribution in [-0.2, 0) is 4.74 Å². The van der Waals surface area contributed by atoms with Crippen LogP contribution in [0, 0.1) is 0 Å². The first kappa shape index (κ1) is 15.6.